The Bertz CT molecular complexity index is 271. The minimum atomic E-state index is -0.802. The summed E-state index contributed by atoms with van der Waals surface area (Å²) in [5, 5.41) is 8.68. The van der Waals surface area contributed by atoms with E-state index in [1.54, 1.807) is 4.90 Å². The molecular weight excluding hydrogens is 194 g/mol. The number of aliphatic carboxylic acids is 1. The maximum Gasteiger partial charge on any atom is 0.305 e. The molecule has 0 aromatic heterocycles. The van der Waals surface area contributed by atoms with E-state index in [4.69, 9.17) is 5.11 Å². The van der Waals surface area contributed by atoms with Crippen molar-refractivity contribution >= 4 is 11.9 Å². The molecule has 1 unspecified atom stereocenters. The first-order chi connectivity index (χ1) is 7.18. The third-order valence-electron chi connectivity index (χ3n) is 3.54. The summed E-state index contributed by atoms with van der Waals surface area (Å²) in [6.07, 6.45) is 5.25. The quantitative estimate of drug-likeness (QED) is 0.764. The summed E-state index contributed by atoms with van der Waals surface area (Å²) in [6, 6.07) is -0.0319. The zero-order valence-corrected chi connectivity index (χ0v) is 8.82. The van der Waals surface area contributed by atoms with Crippen LogP contribution in [0.3, 0.4) is 0 Å². The predicted octanol–water partition coefficient (Wildman–Crippen LogP) is 1.25. The van der Waals surface area contributed by atoms with Gasteiger partial charge in [0.25, 0.3) is 0 Å². The fourth-order valence-corrected chi connectivity index (χ4v) is 2.55. The van der Waals surface area contributed by atoms with Gasteiger partial charge in [0.05, 0.1) is 6.42 Å². The fraction of sp³-hybridized carbons (Fsp3) is 0.818. The molecule has 2 rings (SSSR count). The lowest BCUT2D eigenvalue weighted by atomic mass is 9.95. The molecule has 4 nitrogen and oxygen atoms in total. The lowest BCUT2D eigenvalue weighted by molar-refractivity contribution is -0.147. The van der Waals surface area contributed by atoms with Crippen LogP contribution in [0.5, 0.6) is 0 Å². The summed E-state index contributed by atoms with van der Waals surface area (Å²) in [7, 11) is 0. The molecule has 0 aromatic rings. The van der Waals surface area contributed by atoms with Crippen LogP contribution in [0, 0.1) is 5.92 Å². The highest BCUT2D eigenvalue weighted by Gasteiger charge is 2.37. The number of carbonyl (C=O) groups excluding carboxylic acids is 1. The first-order valence-corrected chi connectivity index (χ1v) is 5.71. The van der Waals surface area contributed by atoms with Gasteiger partial charge in [-0.25, -0.2) is 0 Å². The Morgan fingerprint density at radius 2 is 1.87 bits per heavy atom. The van der Waals surface area contributed by atoms with Crippen LogP contribution in [-0.4, -0.2) is 34.5 Å². The highest BCUT2D eigenvalue weighted by atomic mass is 16.4. The van der Waals surface area contributed by atoms with E-state index in [2.05, 4.69) is 0 Å². The minimum absolute atomic E-state index is 0.0319. The molecule has 0 spiro atoms. The van der Waals surface area contributed by atoms with Gasteiger partial charge in [0.1, 0.15) is 0 Å². The maximum absolute atomic E-state index is 12.0. The van der Waals surface area contributed by atoms with E-state index in [1.807, 2.05) is 0 Å². The first kappa shape index (κ1) is 10.5. The van der Waals surface area contributed by atoms with Gasteiger partial charge >= 0.3 is 5.97 Å². The molecule has 1 heterocycles. The van der Waals surface area contributed by atoms with Crippen molar-refractivity contribution in [1.82, 2.24) is 4.90 Å². The summed E-state index contributed by atoms with van der Waals surface area (Å²) >= 11 is 0. The number of amides is 1. The molecule has 1 aliphatic carbocycles. The number of carbonyl (C=O) groups is 2. The second-order valence-electron chi connectivity index (χ2n) is 4.55. The number of carboxylic acid groups (broad SMARTS) is 1. The molecule has 15 heavy (non-hydrogen) atoms. The Morgan fingerprint density at radius 1 is 1.20 bits per heavy atom. The van der Waals surface area contributed by atoms with Crippen LogP contribution in [0.1, 0.15) is 38.5 Å². The Kier molecular flexibility index (Phi) is 2.93. The van der Waals surface area contributed by atoms with Gasteiger partial charge in [-0.1, -0.05) is 12.8 Å². The van der Waals surface area contributed by atoms with Crippen molar-refractivity contribution in [3.05, 3.63) is 0 Å². The molecule has 1 amide bonds. The Morgan fingerprint density at radius 3 is 2.33 bits per heavy atom. The first-order valence-electron chi connectivity index (χ1n) is 5.71. The van der Waals surface area contributed by atoms with Gasteiger partial charge < -0.3 is 10.0 Å². The zero-order chi connectivity index (χ0) is 10.8. The molecule has 84 valence electrons. The SMILES string of the molecule is O=C(O)CC1CCN1C(=O)C1CCCC1. The molecule has 2 aliphatic rings. The van der Waals surface area contributed by atoms with E-state index in [1.165, 1.54) is 0 Å². The minimum Gasteiger partial charge on any atom is -0.481 e. The van der Waals surface area contributed by atoms with Crippen molar-refractivity contribution in [2.45, 2.75) is 44.6 Å². The molecule has 1 saturated heterocycles. The zero-order valence-electron chi connectivity index (χ0n) is 8.82. The van der Waals surface area contributed by atoms with Gasteiger partial charge in [-0.2, -0.15) is 0 Å². The molecule has 0 radical (unpaired) electrons. The number of carboxylic acids is 1. The van der Waals surface area contributed by atoms with Gasteiger partial charge in [0.2, 0.25) is 5.91 Å². The molecule has 1 N–H and O–H groups in total. The van der Waals surface area contributed by atoms with Crippen molar-refractivity contribution in [2.75, 3.05) is 6.54 Å². The monoisotopic (exact) mass is 211 g/mol. The number of hydrogen-bond acceptors (Lipinski definition) is 2. The van der Waals surface area contributed by atoms with Crippen molar-refractivity contribution in [2.24, 2.45) is 5.92 Å². The second-order valence-corrected chi connectivity index (χ2v) is 4.55. The topological polar surface area (TPSA) is 57.6 Å². The van der Waals surface area contributed by atoms with E-state index in [0.29, 0.717) is 0 Å². The van der Waals surface area contributed by atoms with Crippen LogP contribution in [0.4, 0.5) is 0 Å². The summed E-state index contributed by atoms with van der Waals surface area (Å²) in [4.78, 5) is 24.3. The van der Waals surface area contributed by atoms with Crippen LogP contribution < -0.4 is 0 Å². The average Bonchev–Trinajstić information content (AvgIpc) is 2.64. The molecule has 2 fully saturated rings. The van der Waals surface area contributed by atoms with Gasteiger partial charge in [-0.05, 0) is 19.3 Å². The highest BCUT2D eigenvalue weighted by molar-refractivity contribution is 5.81. The molecule has 0 aromatic carbocycles. The van der Waals surface area contributed by atoms with E-state index >= 15 is 0 Å². The standard InChI is InChI=1S/C11H17NO3/c13-10(14)7-9-5-6-12(9)11(15)8-3-1-2-4-8/h8-9H,1-7H2,(H,13,14). The Labute approximate surface area is 89.3 Å². The van der Waals surface area contributed by atoms with Crippen LogP contribution in [0.15, 0.2) is 0 Å². The summed E-state index contributed by atoms with van der Waals surface area (Å²) in [6.45, 7) is 0.757. The maximum atomic E-state index is 12.0. The van der Waals surface area contributed by atoms with Crippen LogP contribution >= 0.6 is 0 Å². The lowest BCUT2D eigenvalue weighted by Crippen LogP contribution is -2.53. The largest absolute Gasteiger partial charge is 0.481 e. The Balaban J connectivity index is 1.87. The second kappa shape index (κ2) is 4.21. The van der Waals surface area contributed by atoms with Crippen LogP contribution in [-0.2, 0) is 9.59 Å². The van der Waals surface area contributed by atoms with E-state index in [9.17, 15) is 9.59 Å². The molecule has 1 atom stereocenters. The molecule has 4 heteroatoms. The normalized spacial score (nSPS) is 26.4. The number of likely N-dealkylation sites (tertiary alicyclic amines) is 1. The van der Waals surface area contributed by atoms with E-state index in [0.717, 1.165) is 38.6 Å². The van der Waals surface area contributed by atoms with Gasteiger partial charge in [0, 0.05) is 18.5 Å². The van der Waals surface area contributed by atoms with Crippen LogP contribution in [0.25, 0.3) is 0 Å². The van der Waals surface area contributed by atoms with Gasteiger partial charge in [0.15, 0.2) is 0 Å². The number of hydrogen-bond donors (Lipinski definition) is 1. The van der Waals surface area contributed by atoms with E-state index < -0.39 is 5.97 Å². The molecule has 1 aliphatic heterocycles. The third kappa shape index (κ3) is 2.13. The summed E-state index contributed by atoms with van der Waals surface area (Å²) in [5.41, 5.74) is 0. The van der Waals surface area contributed by atoms with Crippen molar-refractivity contribution in [3.8, 4) is 0 Å². The lowest BCUT2D eigenvalue weighted by Gasteiger charge is -2.41. The van der Waals surface area contributed by atoms with Gasteiger partial charge in [-0.15, -0.1) is 0 Å². The summed E-state index contributed by atoms with van der Waals surface area (Å²) < 4.78 is 0. The van der Waals surface area contributed by atoms with Crippen LogP contribution in [0.2, 0.25) is 0 Å². The van der Waals surface area contributed by atoms with Crippen molar-refractivity contribution in [3.63, 3.8) is 0 Å². The molecular formula is C11H17NO3. The van der Waals surface area contributed by atoms with Gasteiger partial charge in [-0.3, -0.25) is 9.59 Å². The fourth-order valence-electron chi connectivity index (χ4n) is 2.55. The number of rotatable bonds is 3. The Hall–Kier alpha value is -1.06. The smallest absolute Gasteiger partial charge is 0.305 e. The predicted molar refractivity (Wildman–Crippen MR) is 54.3 cm³/mol. The number of nitrogens with zero attached hydrogens (tertiary/aromatic N) is 1. The summed E-state index contributed by atoms with van der Waals surface area (Å²) in [5.74, 6) is -0.421. The highest BCUT2D eigenvalue weighted by Crippen LogP contribution is 2.30. The molecule has 1 saturated carbocycles. The van der Waals surface area contributed by atoms with E-state index in [-0.39, 0.29) is 24.3 Å². The molecule has 0 bridgehead atoms. The van der Waals surface area contributed by atoms with Crippen molar-refractivity contribution < 1.29 is 14.7 Å². The van der Waals surface area contributed by atoms with Crippen molar-refractivity contribution in [1.29, 1.82) is 0 Å². The average molecular weight is 211 g/mol. The third-order valence-corrected chi connectivity index (χ3v) is 3.54.